The first-order valence-electron chi connectivity index (χ1n) is 8.29. The highest BCUT2D eigenvalue weighted by Gasteiger charge is 2.21. The quantitative estimate of drug-likeness (QED) is 0.580. The summed E-state index contributed by atoms with van der Waals surface area (Å²) >= 11 is 0. The molecule has 0 spiro atoms. The minimum Gasteiger partial charge on any atom is -0.343 e. The van der Waals surface area contributed by atoms with Gasteiger partial charge in [0.2, 0.25) is 5.91 Å². The molecule has 1 aliphatic rings. The van der Waals surface area contributed by atoms with Crippen molar-refractivity contribution in [3.8, 4) is 0 Å². The van der Waals surface area contributed by atoms with Crippen LogP contribution in [0.4, 0.5) is 0 Å². The minimum absolute atomic E-state index is 0.306. The van der Waals surface area contributed by atoms with Crippen molar-refractivity contribution in [3.63, 3.8) is 0 Å². The lowest BCUT2D eigenvalue weighted by Gasteiger charge is -2.24. The van der Waals surface area contributed by atoms with Gasteiger partial charge in [0.15, 0.2) is 0 Å². The van der Waals surface area contributed by atoms with E-state index in [0.717, 1.165) is 45.6 Å². The van der Waals surface area contributed by atoms with Crippen LogP contribution in [-0.2, 0) is 4.79 Å². The van der Waals surface area contributed by atoms with E-state index in [2.05, 4.69) is 48.2 Å². The monoisotopic (exact) mass is 298 g/mol. The first-order valence-corrected chi connectivity index (χ1v) is 8.29. The SMILES string of the molecule is CN(C)CCCN(CCCN(C)C)C(=O)CCNC1CC1. The van der Waals surface area contributed by atoms with Crippen LogP contribution in [0.25, 0.3) is 0 Å². The van der Waals surface area contributed by atoms with Crippen LogP contribution in [-0.4, -0.2) is 87.6 Å². The number of rotatable bonds is 12. The number of amides is 1. The molecule has 1 amide bonds. The van der Waals surface area contributed by atoms with Crippen molar-refractivity contribution >= 4 is 5.91 Å². The van der Waals surface area contributed by atoms with Gasteiger partial charge in [-0.2, -0.15) is 0 Å². The highest BCUT2D eigenvalue weighted by Crippen LogP contribution is 2.18. The van der Waals surface area contributed by atoms with E-state index in [1.54, 1.807) is 0 Å². The van der Waals surface area contributed by atoms with Crippen LogP contribution in [0.3, 0.4) is 0 Å². The van der Waals surface area contributed by atoms with Gasteiger partial charge in [0.05, 0.1) is 0 Å². The van der Waals surface area contributed by atoms with Gasteiger partial charge in [-0.1, -0.05) is 0 Å². The molecule has 0 aromatic rings. The van der Waals surface area contributed by atoms with Crippen molar-refractivity contribution in [2.24, 2.45) is 0 Å². The summed E-state index contributed by atoms with van der Waals surface area (Å²) in [5.41, 5.74) is 0. The fourth-order valence-corrected chi connectivity index (χ4v) is 2.35. The zero-order valence-electron chi connectivity index (χ0n) is 14.4. The molecule has 0 aliphatic heterocycles. The molecule has 0 unspecified atom stereocenters. The maximum absolute atomic E-state index is 12.4. The molecule has 1 fully saturated rings. The predicted octanol–water partition coefficient (Wildman–Crippen LogP) is 0.861. The average molecular weight is 298 g/mol. The Kier molecular flexibility index (Phi) is 8.88. The Balaban J connectivity index is 2.26. The van der Waals surface area contributed by atoms with Crippen LogP contribution in [0.15, 0.2) is 0 Å². The summed E-state index contributed by atoms with van der Waals surface area (Å²) in [5.74, 6) is 0.306. The van der Waals surface area contributed by atoms with Crippen molar-refractivity contribution in [2.75, 3.05) is 60.9 Å². The van der Waals surface area contributed by atoms with Gasteiger partial charge in [-0.05, 0) is 67.0 Å². The second-order valence-corrected chi connectivity index (χ2v) is 6.67. The maximum Gasteiger partial charge on any atom is 0.223 e. The number of carbonyl (C=O) groups is 1. The number of hydrogen-bond donors (Lipinski definition) is 1. The Labute approximate surface area is 130 Å². The molecule has 5 heteroatoms. The molecule has 0 heterocycles. The maximum atomic E-state index is 12.4. The van der Waals surface area contributed by atoms with Crippen LogP contribution in [0.1, 0.15) is 32.1 Å². The van der Waals surface area contributed by atoms with E-state index in [1.165, 1.54) is 12.8 Å². The molecule has 0 aromatic carbocycles. The van der Waals surface area contributed by atoms with Crippen molar-refractivity contribution in [3.05, 3.63) is 0 Å². The zero-order valence-corrected chi connectivity index (χ0v) is 14.4. The number of nitrogens with zero attached hydrogens (tertiary/aromatic N) is 3. The fraction of sp³-hybridized carbons (Fsp3) is 0.938. The summed E-state index contributed by atoms with van der Waals surface area (Å²) in [6.07, 6.45) is 5.31. The first kappa shape index (κ1) is 18.4. The summed E-state index contributed by atoms with van der Waals surface area (Å²) in [7, 11) is 8.32. The van der Waals surface area contributed by atoms with Crippen LogP contribution in [0.2, 0.25) is 0 Å². The van der Waals surface area contributed by atoms with Crippen LogP contribution >= 0.6 is 0 Å². The average Bonchev–Trinajstić information content (AvgIpc) is 3.20. The van der Waals surface area contributed by atoms with Gasteiger partial charge in [-0.25, -0.2) is 0 Å². The lowest BCUT2D eigenvalue weighted by molar-refractivity contribution is -0.131. The molecule has 21 heavy (non-hydrogen) atoms. The Morgan fingerprint density at radius 3 is 1.90 bits per heavy atom. The molecule has 0 atom stereocenters. The minimum atomic E-state index is 0.306. The van der Waals surface area contributed by atoms with Gasteiger partial charge in [-0.3, -0.25) is 4.79 Å². The predicted molar refractivity (Wildman–Crippen MR) is 88.6 cm³/mol. The normalized spacial score (nSPS) is 15.0. The highest BCUT2D eigenvalue weighted by molar-refractivity contribution is 5.76. The van der Waals surface area contributed by atoms with E-state index in [4.69, 9.17) is 0 Å². The second-order valence-electron chi connectivity index (χ2n) is 6.67. The molecule has 0 radical (unpaired) electrons. The molecule has 1 saturated carbocycles. The van der Waals surface area contributed by atoms with Gasteiger partial charge < -0.3 is 20.0 Å². The van der Waals surface area contributed by atoms with Gasteiger partial charge in [0.25, 0.3) is 0 Å². The van der Waals surface area contributed by atoms with E-state index in [9.17, 15) is 4.79 Å². The van der Waals surface area contributed by atoms with E-state index in [1.807, 2.05) is 0 Å². The zero-order chi connectivity index (χ0) is 15.7. The third-order valence-electron chi connectivity index (χ3n) is 3.77. The molecule has 0 aromatic heterocycles. The van der Waals surface area contributed by atoms with Gasteiger partial charge in [0.1, 0.15) is 0 Å². The largest absolute Gasteiger partial charge is 0.343 e. The molecule has 0 bridgehead atoms. The number of nitrogens with one attached hydrogen (secondary N) is 1. The van der Waals surface area contributed by atoms with Crippen LogP contribution in [0.5, 0.6) is 0 Å². The van der Waals surface area contributed by atoms with E-state index < -0.39 is 0 Å². The van der Waals surface area contributed by atoms with Crippen molar-refractivity contribution in [1.82, 2.24) is 20.0 Å². The Morgan fingerprint density at radius 2 is 1.48 bits per heavy atom. The standard InChI is InChI=1S/C16H34N4O/c1-18(2)11-5-13-20(14-6-12-19(3)4)16(21)9-10-17-15-7-8-15/h15,17H,5-14H2,1-4H3. The van der Waals surface area contributed by atoms with Gasteiger partial charge in [-0.15, -0.1) is 0 Å². The summed E-state index contributed by atoms with van der Waals surface area (Å²) in [4.78, 5) is 18.8. The fourth-order valence-electron chi connectivity index (χ4n) is 2.35. The number of hydrogen-bond acceptors (Lipinski definition) is 4. The molecular weight excluding hydrogens is 264 g/mol. The van der Waals surface area contributed by atoms with Crippen molar-refractivity contribution in [2.45, 2.75) is 38.1 Å². The lowest BCUT2D eigenvalue weighted by Crippen LogP contribution is -2.37. The highest BCUT2D eigenvalue weighted by atomic mass is 16.2. The Morgan fingerprint density at radius 1 is 0.952 bits per heavy atom. The second kappa shape index (κ2) is 10.1. The first-order chi connectivity index (χ1) is 9.99. The smallest absolute Gasteiger partial charge is 0.223 e. The molecule has 124 valence electrons. The topological polar surface area (TPSA) is 38.8 Å². The lowest BCUT2D eigenvalue weighted by atomic mass is 10.2. The summed E-state index contributed by atoms with van der Waals surface area (Å²) < 4.78 is 0. The summed E-state index contributed by atoms with van der Waals surface area (Å²) in [6, 6.07) is 0.689. The Hall–Kier alpha value is -0.650. The van der Waals surface area contributed by atoms with Crippen molar-refractivity contribution < 1.29 is 4.79 Å². The third kappa shape index (κ3) is 9.82. The molecule has 0 saturated heterocycles. The molecule has 1 N–H and O–H groups in total. The molecule has 1 rings (SSSR count). The van der Waals surface area contributed by atoms with E-state index >= 15 is 0 Å². The molecule has 5 nitrogen and oxygen atoms in total. The summed E-state index contributed by atoms with van der Waals surface area (Å²) in [6.45, 7) is 4.68. The Bertz CT molecular complexity index is 276. The summed E-state index contributed by atoms with van der Waals surface area (Å²) in [5, 5.41) is 3.43. The third-order valence-corrected chi connectivity index (χ3v) is 3.77. The number of carbonyl (C=O) groups excluding carboxylic acids is 1. The molecule has 1 aliphatic carbocycles. The van der Waals surface area contributed by atoms with E-state index in [0.29, 0.717) is 18.4 Å². The van der Waals surface area contributed by atoms with Crippen molar-refractivity contribution in [1.29, 1.82) is 0 Å². The van der Waals surface area contributed by atoms with Crippen LogP contribution in [0, 0.1) is 0 Å². The van der Waals surface area contributed by atoms with Gasteiger partial charge in [0, 0.05) is 32.1 Å². The van der Waals surface area contributed by atoms with Gasteiger partial charge >= 0.3 is 0 Å². The van der Waals surface area contributed by atoms with Crippen LogP contribution < -0.4 is 5.32 Å². The van der Waals surface area contributed by atoms with E-state index in [-0.39, 0.29) is 0 Å². The molecular formula is C16H34N4O.